The fourth-order valence-corrected chi connectivity index (χ4v) is 2.65. The van der Waals surface area contributed by atoms with Gasteiger partial charge in [0.15, 0.2) is 0 Å². The van der Waals surface area contributed by atoms with Gasteiger partial charge in [-0.05, 0) is 29.8 Å². The van der Waals surface area contributed by atoms with Gasteiger partial charge in [-0.3, -0.25) is 20.4 Å². The van der Waals surface area contributed by atoms with E-state index in [4.69, 9.17) is 0 Å². The van der Waals surface area contributed by atoms with Crippen molar-refractivity contribution in [3.63, 3.8) is 0 Å². The molecule has 0 aromatic heterocycles. The number of hydrogen-bond donors (Lipinski definition) is 3. The topological polar surface area (TPSA) is 102 Å². The van der Waals surface area contributed by atoms with Crippen LogP contribution in [0.15, 0.2) is 72.8 Å². The van der Waals surface area contributed by atoms with Gasteiger partial charge < -0.3 is 5.11 Å². The van der Waals surface area contributed by atoms with Crippen LogP contribution in [0.3, 0.4) is 0 Å². The molecule has 0 radical (unpaired) electrons. The Morgan fingerprint density at radius 2 is 1.26 bits per heavy atom. The summed E-state index contributed by atoms with van der Waals surface area (Å²) in [7, 11) is 0. The van der Waals surface area contributed by atoms with Crippen LogP contribution >= 0.6 is 0 Å². The Morgan fingerprint density at radius 1 is 0.741 bits per heavy atom. The molecule has 0 aliphatic carbocycles. The number of carbonyl (C=O) groups is 2. The second-order valence-electron chi connectivity index (χ2n) is 5.63. The number of aromatic hydroxyl groups is 1. The molecule has 132 valence electrons. The average Bonchev–Trinajstić information content (AvgIpc) is 2.72. The lowest BCUT2D eigenvalue weighted by Gasteiger charge is -2.12. The van der Waals surface area contributed by atoms with E-state index in [0.29, 0.717) is 22.3 Å². The molecule has 27 heavy (non-hydrogen) atoms. The van der Waals surface area contributed by atoms with E-state index in [-0.39, 0.29) is 11.3 Å². The zero-order valence-corrected chi connectivity index (χ0v) is 14.1. The van der Waals surface area contributed by atoms with Crippen molar-refractivity contribution in [3.05, 3.63) is 89.5 Å². The minimum Gasteiger partial charge on any atom is -0.507 e. The third-order valence-corrected chi connectivity index (χ3v) is 3.95. The molecular weight excluding hydrogens is 342 g/mol. The number of para-hydroxylation sites is 1. The van der Waals surface area contributed by atoms with Crippen molar-refractivity contribution in [1.29, 1.82) is 5.26 Å². The molecule has 6 nitrogen and oxygen atoms in total. The summed E-state index contributed by atoms with van der Waals surface area (Å²) in [6.45, 7) is 0. The number of hydrazine groups is 1. The summed E-state index contributed by atoms with van der Waals surface area (Å²) in [6, 6.07) is 21.9. The summed E-state index contributed by atoms with van der Waals surface area (Å²) in [4.78, 5) is 24.7. The summed E-state index contributed by atoms with van der Waals surface area (Å²) in [6.07, 6.45) is 0. The minimum atomic E-state index is -0.642. The van der Waals surface area contributed by atoms with Crippen LogP contribution in [-0.4, -0.2) is 16.9 Å². The first-order valence-corrected chi connectivity index (χ1v) is 8.09. The molecule has 0 fully saturated rings. The number of nitrogens with zero attached hydrogens (tertiary/aromatic N) is 1. The molecule has 0 atom stereocenters. The summed E-state index contributed by atoms with van der Waals surface area (Å²) < 4.78 is 0. The van der Waals surface area contributed by atoms with E-state index >= 15 is 0 Å². The number of nitriles is 1. The van der Waals surface area contributed by atoms with Gasteiger partial charge in [0.25, 0.3) is 11.8 Å². The third kappa shape index (κ3) is 3.78. The number of rotatable bonds is 3. The first-order valence-electron chi connectivity index (χ1n) is 8.09. The SMILES string of the molecule is N#Cc1ccccc1-c1ccccc1C(=O)NNC(=O)c1ccccc1O. The van der Waals surface area contributed by atoms with Crippen LogP contribution in [0.25, 0.3) is 11.1 Å². The maximum Gasteiger partial charge on any atom is 0.273 e. The number of phenolic OH excluding ortho intramolecular Hbond substituents is 1. The highest BCUT2D eigenvalue weighted by atomic mass is 16.3. The molecule has 0 saturated heterocycles. The standard InChI is InChI=1S/C21H15N3O3/c22-13-14-7-1-2-8-15(14)16-9-3-4-10-17(16)20(26)23-24-21(27)18-11-5-6-12-19(18)25/h1-12,25H,(H,23,26)(H,24,27). The number of nitrogens with one attached hydrogen (secondary N) is 2. The van der Waals surface area contributed by atoms with Gasteiger partial charge >= 0.3 is 0 Å². The third-order valence-electron chi connectivity index (χ3n) is 3.95. The second kappa shape index (κ2) is 7.85. The van der Waals surface area contributed by atoms with Gasteiger partial charge in [-0.2, -0.15) is 5.26 Å². The highest BCUT2D eigenvalue weighted by molar-refractivity contribution is 6.04. The lowest BCUT2D eigenvalue weighted by molar-refractivity contribution is 0.0845. The Morgan fingerprint density at radius 3 is 1.93 bits per heavy atom. The molecule has 0 aliphatic rings. The lowest BCUT2D eigenvalue weighted by atomic mass is 9.95. The Labute approximate surface area is 155 Å². The zero-order valence-electron chi connectivity index (χ0n) is 14.1. The molecule has 0 heterocycles. The zero-order chi connectivity index (χ0) is 19.2. The fraction of sp³-hybridized carbons (Fsp3) is 0. The molecule has 2 amide bonds. The maximum atomic E-state index is 12.6. The molecule has 0 aliphatic heterocycles. The normalized spacial score (nSPS) is 9.89. The highest BCUT2D eigenvalue weighted by Crippen LogP contribution is 2.26. The van der Waals surface area contributed by atoms with Crippen LogP contribution in [0.1, 0.15) is 26.3 Å². The molecule has 3 aromatic rings. The van der Waals surface area contributed by atoms with E-state index in [1.54, 1.807) is 60.7 Å². The lowest BCUT2D eigenvalue weighted by Crippen LogP contribution is -2.41. The van der Waals surface area contributed by atoms with Gasteiger partial charge in [0, 0.05) is 11.1 Å². The predicted octanol–water partition coefficient (Wildman–Crippen LogP) is 3.01. The van der Waals surface area contributed by atoms with Crippen molar-refractivity contribution in [2.24, 2.45) is 0 Å². The van der Waals surface area contributed by atoms with Crippen molar-refractivity contribution < 1.29 is 14.7 Å². The van der Waals surface area contributed by atoms with E-state index in [2.05, 4.69) is 16.9 Å². The Bertz CT molecular complexity index is 1050. The summed E-state index contributed by atoms with van der Waals surface area (Å²) in [5.74, 6) is -1.37. The number of benzene rings is 3. The van der Waals surface area contributed by atoms with Crippen molar-refractivity contribution in [2.45, 2.75) is 0 Å². The molecule has 3 N–H and O–H groups in total. The maximum absolute atomic E-state index is 12.6. The first kappa shape index (κ1) is 17.7. The minimum absolute atomic E-state index is 0.0425. The Hall–Kier alpha value is -4.11. The highest BCUT2D eigenvalue weighted by Gasteiger charge is 2.16. The van der Waals surface area contributed by atoms with Crippen LogP contribution in [-0.2, 0) is 0 Å². The van der Waals surface area contributed by atoms with Gasteiger partial charge in [0.1, 0.15) is 5.75 Å². The van der Waals surface area contributed by atoms with Crippen molar-refractivity contribution in [3.8, 4) is 22.9 Å². The van der Waals surface area contributed by atoms with Crippen molar-refractivity contribution >= 4 is 11.8 Å². The van der Waals surface area contributed by atoms with E-state index in [1.807, 2.05) is 0 Å². The summed E-state index contributed by atoms with van der Waals surface area (Å²) in [5.41, 5.74) is 6.60. The molecule has 0 saturated carbocycles. The van der Waals surface area contributed by atoms with Crippen LogP contribution in [0.2, 0.25) is 0 Å². The number of phenols is 1. The molecule has 0 unspecified atom stereocenters. The molecule has 3 rings (SSSR count). The molecule has 0 bridgehead atoms. The van der Waals surface area contributed by atoms with Crippen LogP contribution in [0, 0.1) is 11.3 Å². The number of carbonyl (C=O) groups excluding carboxylic acids is 2. The second-order valence-corrected chi connectivity index (χ2v) is 5.63. The number of hydrogen-bond acceptors (Lipinski definition) is 4. The fourth-order valence-electron chi connectivity index (χ4n) is 2.65. The van der Waals surface area contributed by atoms with E-state index < -0.39 is 11.8 Å². The van der Waals surface area contributed by atoms with Crippen molar-refractivity contribution in [1.82, 2.24) is 10.9 Å². The summed E-state index contributed by atoms with van der Waals surface area (Å²) >= 11 is 0. The smallest absolute Gasteiger partial charge is 0.273 e. The first-order chi connectivity index (χ1) is 13.1. The van der Waals surface area contributed by atoms with Crippen LogP contribution < -0.4 is 10.9 Å². The molecule has 6 heteroatoms. The molecular formula is C21H15N3O3. The number of amides is 2. The van der Waals surface area contributed by atoms with Gasteiger partial charge in [-0.15, -0.1) is 0 Å². The Kier molecular flexibility index (Phi) is 5.15. The predicted molar refractivity (Wildman–Crippen MR) is 99.6 cm³/mol. The van der Waals surface area contributed by atoms with Crippen LogP contribution in [0.5, 0.6) is 5.75 Å². The largest absolute Gasteiger partial charge is 0.507 e. The quantitative estimate of drug-likeness (QED) is 0.627. The Balaban J connectivity index is 1.83. The van der Waals surface area contributed by atoms with Gasteiger partial charge in [-0.1, -0.05) is 48.5 Å². The van der Waals surface area contributed by atoms with E-state index in [1.165, 1.54) is 12.1 Å². The molecule has 3 aromatic carbocycles. The van der Waals surface area contributed by atoms with Gasteiger partial charge in [0.05, 0.1) is 17.2 Å². The van der Waals surface area contributed by atoms with Gasteiger partial charge in [-0.25, -0.2) is 0 Å². The monoisotopic (exact) mass is 357 g/mol. The van der Waals surface area contributed by atoms with Crippen molar-refractivity contribution in [2.75, 3.05) is 0 Å². The average molecular weight is 357 g/mol. The van der Waals surface area contributed by atoms with E-state index in [9.17, 15) is 20.0 Å². The molecule has 0 spiro atoms. The van der Waals surface area contributed by atoms with Gasteiger partial charge in [0.2, 0.25) is 0 Å². The van der Waals surface area contributed by atoms with Crippen LogP contribution in [0.4, 0.5) is 0 Å². The summed E-state index contributed by atoms with van der Waals surface area (Å²) in [5, 5.41) is 19.0. The van der Waals surface area contributed by atoms with E-state index in [0.717, 1.165) is 0 Å².